The number of aromatic nitrogens is 1. The minimum Gasteiger partial charge on any atom is -0.244 e. The number of hydrogen-bond acceptors (Lipinski definition) is 1. The minimum absolute atomic E-state index is 0.379. The van der Waals surface area contributed by atoms with Gasteiger partial charge in [-0.05, 0) is 11.6 Å². The highest BCUT2D eigenvalue weighted by Crippen LogP contribution is 2.05. The molecule has 1 radical (unpaired) electrons. The first kappa shape index (κ1) is 6.84. The summed E-state index contributed by atoms with van der Waals surface area (Å²) in [5.41, 5.74) is 0.932. The van der Waals surface area contributed by atoms with Gasteiger partial charge in [0.15, 0.2) is 0 Å². The van der Waals surface area contributed by atoms with Gasteiger partial charge in [-0.25, -0.2) is 4.98 Å². The van der Waals surface area contributed by atoms with Crippen LogP contribution in [0.1, 0.15) is 5.56 Å². The molecule has 0 bridgehead atoms. The molecular formula is C6H4Cl2N. The van der Waals surface area contributed by atoms with E-state index in [9.17, 15) is 0 Å². The zero-order chi connectivity index (χ0) is 6.69. The van der Waals surface area contributed by atoms with Crippen molar-refractivity contribution in [2.24, 2.45) is 0 Å². The van der Waals surface area contributed by atoms with Crippen molar-refractivity contribution in [1.29, 1.82) is 0 Å². The third-order valence-corrected chi connectivity index (χ3v) is 1.39. The standard InChI is InChI=1S/C6H4Cl2N/c7-3-5-1-2-6(8)9-4-5/h1,4H,3H2. The summed E-state index contributed by atoms with van der Waals surface area (Å²) < 4.78 is 0. The second-order valence-electron chi connectivity index (χ2n) is 1.55. The molecule has 1 heterocycles. The Morgan fingerprint density at radius 2 is 2.44 bits per heavy atom. The van der Waals surface area contributed by atoms with E-state index in [4.69, 9.17) is 23.2 Å². The van der Waals surface area contributed by atoms with Crippen LogP contribution < -0.4 is 0 Å². The van der Waals surface area contributed by atoms with Crippen molar-refractivity contribution in [2.75, 3.05) is 0 Å². The summed E-state index contributed by atoms with van der Waals surface area (Å²) in [4.78, 5) is 3.78. The van der Waals surface area contributed by atoms with E-state index in [0.717, 1.165) is 5.56 Å². The zero-order valence-corrected chi connectivity index (χ0v) is 6.08. The molecule has 47 valence electrons. The van der Waals surface area contributed by atoms with Crippen LogP contribution >= 0.6 is 23.2 Å². The van der Waals surface area contributed by atoms with Gasteiger partial charge in [-0.15, -0.1) is 11.6 Å². The van der Waals surface area contributed by atoms with Crippen LogP contribution in [0, 0.1) is 6.07 Å². The van der Waals surface area contributed by atoms with E-state index >= 15 is 0 Å². The molecule has 3 heteroatoms. The molecule has 0 aliphatic rings. The predicted molar refractivity (Wildman–Crippen MR) is 37.6 cm³/mol. The topological polar surface area (TPSA) is 12.9 Å². The van der Waals surface area contributed by atoms with Crippen LogP contribution in [0.5, 0.6) is 0 Å². The van der Waals surface area contributed by atoms with Crippen molar-refractivity contribution < 1.29 is 0 Å². The molecule has 1 aromatic heterocycles. The van der Waals surface area contributed by atoms with Crippen molar-refractivity contribution in [3.05, 3.63) is 29.0 Å². The summed E-state index contributed by atoms with van der Waals surface area (Å²) in [5.74, 6) is 0.459. The number of nitrogens with zero attached hydrogens (tertiary/aromatic N) is 1. The van der Waals surface area contributed by atoms with Crippen molar-refractivity contribution in [3.63, 3.8) is 0 Å². The largest absolute Gasteiger partial charge is 0.244 e. The summed E-state index contributed by atoms with van der Waals surface area (Å²) in [6, 6.07) is 4.45. The maximum absolute atomic E-state index is 5.48. The second-order valence-corrected chi connectivity index (χ2v) is 2.17. The lowest BCUT2D eigenvalue weighted by atomic mass is 10.3. The molecule has 0 atom stereocenters. The van der Waals surface area contributed by atoms with Gasteiger partial charge in [0.25, 0.3) is 0 Å². The maximum Gasteiger partial charge on any atom is 0.136 e. The van der Waals surface area contributed by atoms with Gasteiger partial charge in [0.05, 0.1) is 0 Å². The fourth-order valence-electron chi connectivity index (χ4n) is 0.439. The highest BCUT2D eigenvalue weighted by molar-refractivity contribution is 6.29. The molecule has 0 aliphatic carbocycles. The first-order valence-corrected chi connectivity index (χ1v) is 3.32. The number of alkyl halides is 1. The number of rotatable bonds is 1. The van der Waals surface area contributed by atoms with Crippen LogP contribution in [0.2, 0.25) is 5.15 Å². The summed E-state index contributed by atoms with van der Waals surface area (Å²) >= 11 is 10.9. The van der Waals surface area contributed by atoms with Crippen molar-refractivity contribution in [2.45, 2.75) is 5.88 Å². The first-order valence-electron chi connectivity index (χ1n) is 2.41. The van der Waals surface area contributed by atoms with Crippen LogP contribution in [0.15, 0.2) is 12.3 Å². The van der Waals surface area contributed by atoms with Gasteiger partial charge >= 0.3 is 0 Å². The summed E-state index contributed by atoms with van der Waals surface area (Å²) in [7, 11) is 0. The third-order valence-electron chi connectivity index (χ3n) is 0.875. The summed E-state index contributed by atoms with van der Waals surface area (Å²) in [5, 5.41) is 0.379. The lowest BCUT2D eigenvalue weighted by molar-refractivity contribution is 1.24. The van der Waals surface area contributed by atoms with E-state index in [-0.39, 0.29) is 0 Å². The first-order chi connectivity index (χ1) is 4.33. The van der Waals surface area contributed by atoms with Gasteiger partial charge in [-0.1, -0.05) is 11.6 Å². The molecule has 0 saturated heterocycles. The summed E-state index contributed by atoms with van der Waals surface area (Å²) in [6.07, 6.45) is 1.63. The van der Waals surface area contributed by atoms with Crippen LogP contribution in [-0.2, 0) is 5.88 Å². The molecule has 0 aliphatic heterocycles. The van der Waals surface area contributed by atoms with Gasteiger partial charge in [-0.3, -0.25) is 0 Å². The molecule has 0 fully saturated rings. The Bertz CT molecular complexity index is 183. The fourth-order valence-corrected chi connectivity index (χ4v) is 0.689. The van der Waals surface area contributed by atoms with Crippen molar-refractivity contribution in [1.82, 2.24) is 4.98 Å². The average Bonchev–Trinajstić information content (AvgIpc) is 1.90. The zero-order valence-electron chi connectivity index (χ0n) is 4.56. The highest BCUT2D eigenvalue weighted by atomic mass is 35.5. The molecule has 1 aromatic rings. The van der Waals surface area contributed by atoms with Crippen LogP contribution in [0.4, 0.5) is 0 Å². The average molecular weight is 161 g/mol. The Morgan fingerprint density at radius 3 is 2.89 bits per heavy atom. The molecule has 1 nitrogen and oxygen atoms in total. The molecule has 0 N–H and O–H groups in total. The molecule has 0 aromatic carbocycles. The molecule has 1 rings (SSSR count). The fraction of sp³-hybridized carbons (Fsp3) is 0.167. The molecule has 0 unspecified atom stereocenters. The number of hydrogen-bond donors (Lipinski definition) is 0. The van der Waals surface area contributed by atoms with E-state index in [1.54, 1.807) is 12.3 Å². The quantitative estimate of drug-likeness (QED) is 0.454. The van der Waals surface area contributed by atoms with Gasteiger partial charge in [-0.2, -0.15) is 0 Å². The minimum atomic E-state index is 0.379. The van der Waals surface area contributed by atoms with E-state index < -0.39 is 0 Å². The normalized spacial score (nSPS) is 9.56. The number of pyridine rings is 1. The predicted octanol–water partition coefficient (Wildman–Crippen LogP) is 2.27. The van der Waals surface area contributed by atoms with Crippen LogP contribution in [-0.4, -0.2) is 4.98 Å². The third kappa shape index (κ3) is 1.84. The van der Waals surface area contributed by atoms with E-state index in [1.807, 2.05) is 0 Å². The Hall–Kier alpha value is -0.270. The Balaban J connectivity index is 2.88. The SMILES string of the molecule is ClCc1c[c]c(Cl)nc1. The Labute approximate surface area is 63.6 Å². The molecule has 0 spiro atoms. The lowest BCUT2D eigenvalue weighted by Crippen LogP contribution is -1.79. The molecule has 0 amide bonds. The van der Waals surface area contributed by atoms with Crippen LogP contribution in [0.25, 0.3) is 0 Å². The molecule has 0 saturated carbocycles. The van der Waals surface area contributed by atoms with Crippen LogP contribution in [0.3, 0.4) is 0 Å². The molecular weight excluding hydrogens is 157 g/mol. The number of halogens is 2. The van der Waals surface area contributed by atoms with Crippen molar-refractivity contribution >= 4 is 23.2 Å². The second kappa shape index (κ2) is 3.04. The van der Waals surface area contributed by atoms with E-state index in [0.29, 0.717) is 11.0 Å². The molecule has 9 heavy (non-hydrogen) atoms. The van der Waals surface area contributed by atoms with E-state index in [2.05, 4.69) is 11.1 Å². The summed E-state index contributed by atoms with van der Waals surface area (Å²) in [6.45, 7) is 0. The highest BCUT2D eigenvalue weighted by Gasteiger charge is 1.89. The van der Waals surface area contributed by atoms with Gasteiger partial charge in [0, 0.05) is 18.1 Å². The smallest absolute Gasteiger partial charge is 0.136 e. The van der Waals surface area contributed by atoms with Crippen molar-refractivity contribution in [3.8, 4) is 0 Å². The van der Waals surface area contributed by atoms with E-state index in [1.165, 1.54) is 0 Å². The monoisotopic (exact) mass is 160 g/mol. The lowest BCUT2D eigenvalue weighted by Gasteiger charge is -1.90. The Kier molecular flexibility index (Phi) is 2.31. The van der Waals surface area contributed by atoms with Gasteiger partial charge in [0.1, 0.15) is 5.15 Å². The Morgan fingerprint density at radius 1 is 1.67 bits per heavy atom. The van der Waals surface area contributed by atoms with Gasteiger partial charge in [0.2, 0.25) is 0 Å². The maximum atomic E-state index is 5.48. The van der Waals surface area contributed by atoms with Gasteiger partial charge < -0.3 is 0 Å².